The molecule has 2 saturated heterocycles. The second-order valence-electron chi connectivity index (χ2n) is 19.0. The molecule has 7 rings (SSSR count). The first-order valence-corrected chi connectivity index (χ1v) is 25.8. The van der Waals surface area contributed by atoms with Gasteiger partial charge in [-0.2, -0.15) is 0 Å². The summed E-state index contributed by atoms with van der Waals surface area (Å²) < 4.78 is 0. The number of nitrogens with zero attached hydrogens (tertiary/aromatic N) is 3. The summed E-state index contributed by atoms with van der Waals surface area (Å²) in [7, 11) is 0. The van der Waals surface area contributed by atoms with Crippen LogP contribution in [-0.4, -0.2) is 58.9 Å². The monoisotopic (exact) mass is 875 g/mol. The van der Waals surface area contributed by atoms with Gasteiger partial charge in [0.05, 0.1) is 0 Å². The van der Waals surface area contributed by atoms with Crippen LogP contribution in [0.5, 0.6) is 0 Å². The summed E-state index contributed by atoms with van der Waals surface area (Å²) in [6.45, 7) is 14.9. The number of hydrogen-bond donors (Lipinski definition) is 1. The molecule has 348 valence electrons. The molecule has 0 atom stereocenters. The highest BCUT2D eigenvalue weighted by Gasteiger charge is 2.29. The van der Waals surface area contributed by atoms with Crippen LogP contribution in [0.4, 0.5) is 0 Å². The van der Waals surface area contributed by atoms with Gasteiger partial charge in [0, 0.05) is 56.9 Å². The summed E-state index contributed by atoms with van der Waals surface area (Å²) >= 11 is 0. The van der Waals surface area contributed by atoms with E-state index >= 15 is 0 Å². The molecule has 0 saturated carbocycles. The second-order valence-corrected chi connectivity index (χ2v) is 19.0. The van der Waals surface area contributed by atoms with Crippen molar-refractivity contribution in [2.45, 2.75) is 162 Å². The van der Waals surface area contributed by atoms with E-state index < -0.39 is 0 Å². The molecule has 5 aromatic carbocycles. The van der Waals surface area contributed by atoms with Gasteiger partial charge >= 0.3 is 0 Å². The first kappa shape index (κ1) is 49.9. The fraction of sp³-hybridized carbons (Fsp3) is 0.483. The van der Waals surface area contributed by atoms with Crippen LogP contribution in [0.3, 0.4) is 0 Å². The first-order valence-electron chi connectivity index (χ1n) is 25.8. The number of aryl methyl sites for hydroxylation is 3. The van der Waals surface area contributed by atoms with E-state index in [1.54, 1.807) is 0 Å². The van der Waals surface area contributed by atoms with E-state index in [9.17, 15) is 4.79 Å². The van der Waals surface area contributed by atoms with Crippen molar-refractivity contribution in [3.63, 3.8) is 0 Å². The number of hydrogen-bond acceptors (Lipinski definition) is 4. The zero-order chi connectivity index (χ0) is 45.3. The molecular weight excluding hydrogens is 793 g/mol. The highest BCUT2D eigenvalue weighted by Crippen LogP contribution is 2.24. The molecule has 1 N–H and O–H groups in total. The van der Waals surface area contributed by atoms with Crippen LogP contribution in [0.2, 0.25) is 0 Å². The molecule has 5 nitrogen and oxygen atoms in total. The number of carbonyl (C=O) groups excluding carboxylic acids is 1. The minimum absolute atomic E-state index is 0.170. The topological polar surface area (TPSA) is 38.8 Å². The van der Waals surface area contributed by atoms with E-state index in [-0.39, 0.29) is 11.9 Å². The van der Waals surface area contributed by atoms with Crippen molar-refractivity contribution in [1.29, 1.82) is 0 Å². The van der Waals surface area contributed by atoms with Crippen molar-refractivity contribution in [2.24, 2.45) is 0 Å². The van der Waals surface area contributed by atoms with E-state index in [0.29, 0.717) is 12.6 Å². The number of carbonyl (C=O) groups is 1. The molecule has 2 aliphatic rings. The lowest BCUT2D eigenvalue weighted by molar-refractivity contribution is 0.0543. The number of rotatable bonds is 23. The standard InChI is InChI=1S/C36H48N2O.C24H34N2/c1-3-5-8-12-30-16-18-33(19-17-30)29-38(36(39)34-22-20-31(21-23-34)13-9-6-4-2)35-24-26-37(27-25-35)28-32-14-10-7-11-15-32;1-2-3-5-8-21-11-13-22(14-12-21)19-25-24-15-17-26(18-16-24)20-23-9-6-4-7-10-23/h7,10-11,14-23,35H,3-6,8-9,12-13,24-29H2,1-2H3;4,6-7,9-14,24-25H,2-3,5,8,15-20H2,1H3. The van der Waals surface area contributed by atoms with Crippen LogP contribution in [0.15, 0.2) is 133 Å². The molecular formula is C60H82N4O. The number of benzene rings is 5. The average Bonchev–Trinajstić information content (AvgIpc) is 3.35. The van der Waals surface area contributed by atoms with Crippen LogP contribution in [0.25, 0.3) is 0 Å². The molecule has 5 heteroatoms. The lowest BCUT2D eigenvalue weighted by Crippen LogP contribution is -2.46. The Balaban J connectivity index is 0.000000233. The fourth-order valence-electron chi connectivity index (χ4n) is 9.55. The van der Waals surface area contributed by atoms with Crippen LogP contribution >= 0.6 is 0 Å². The molecule has 1 amide bonds. The van der Waals surface area contributed by atoms with Gasteiger partial charge in [-0.15, -0.1) is 0 Å². The van der Waals surface area contributed by atoms with Crippen molar-refractivity contribution >= 4 is 5.91 Å². The van der Waals surface area contributed by atoms with E-state index in [0.717, 1.165) is 64.0 Å². The number of piperidine rings is 2. The third kappa shape index (κ3) is 17.6. The molecule has 2 heterocycles. The Hall–Kier alpha value is -4.55. The van der Waals surface area contributed by atoms with E-state index in [1.165, 1.54) is 129 Å². The predicted octanol–water partition coefficient (Wildman–Crippen LogP) is 13.6. The zero-order valence-electron chi connectivity index (χ0n) is 40.6. The Morgan fingerprint density at radius 3 is 1.32 bits per heavy atom. The van der Waals surface area contributed by atoms with E-state index in [2.05, 4.69) is 174 Å². The molecule has 0 bridgehead atoms. The summed E-state index contributed by atoms with van der Waals surface area (Å²) in [5, 5.41) is 3.77. The van der Waals surface area contributed by atoms with Crippen molar-refractivity contribution in [2.75, 3.05) is 26.2 Å². The minimum atomic E-state index is 0.170. The van der Waals surface area contributed by atoms with Crippen molar-refractivity contribution in [3.05, 3.63) is 178 Å². The summed E-state index contributed by atoms with van der Waals surface area (Å²) in [6.07, 6.45) is 19.4. The summed E-state index contributed by atoms with van der Waals surface area (Å²) in [5.74, 6) is 0.170. The van der Waals surface area contributed by atoms with Crippen LogP contribution in [0.1, 0.15) is 154 Å². The van der Waals surface area contributed by atoms with Gasteiger partial charge in [-0.25, -0.2) is 0 Å². The van der Waals surface area contributed by atoms with Gasteiger partial charge in [0.25, 0.3) is 5.91 Å². The molecule has 0 spiro atoms. The fourth-order valence-corrected chi connectivity index (χ4v) is 9.55. The number of nitrogens with one attached hydrogen (secondary N) is 1. The van der Waals surface area contributed by atoms with E-state index in [4.69, 9.17) is 0 Å². The maximum atomic E-state index is 13.9. The van der Waals surface area contributed by atoms with Gasteiger partial charge in [-0.1, -0.05) is 181 Å². The number of unbranched alkanes of at least 4 members (excludes halogenated alkanes) is 6. The summed E-state index contributed by atoms with van der Waals surface area (Å²) in [4.78, 5) is 21.2. The summed E-state index contributed by atoms with van der Waals surface area (Å²) in [5.41, 5.74) is 10.5. The average molecular weight is 875 g/mol. The lowest BCUT2D eigenvalue weighted by Gasteiger charge is -2.39. The molecule has 0 aliphatic carbocycles. The Morgan fingerprint density at radius 2 is 0.877 bits per heavy atom. The van der Waals surface area contributed by atoms with Gasteiger partial charge in [0.15, 0.2) is 0 Å². The molecule has 5 aromatic rings. The molecule has 2 aliphatic heterocycles. The Kier molecular flexibility index (Phi) is 21.9. The second kappa shape index (κ2) is 28.5. The Labute approximate surface area is 395 Å². The molecule has 2 fully saturated rings. The van der Waals surface area contributed by atoms with Gasteiger partial charge in [-0.3, -0.25) is 14.6 Å². The quantitative estimate of drug-likeness (QED) is 0.0664. The highest BCUT2D eigenvalue weighted by atomic mass is 16.2. The van der Waals surface area contributed by atoms with Crippen LogP contribution in [0, 0.1) is 0 Å². The smallest absolute Gasteiger partial charge is 0.254 e. The molecule has 65 heavy (non-hydrogen) atoms. The van der Waals surface area contributed by atoms with Crippen molar-refractivity contribution in [3.8, 4) is 0 Å². The summed E-state index contributed by atoms with van der Waals surface area (Å²) in [6, 6.07) is 49.2. The molecule has 0 unspecified atom stereocenters. The molecule has 0 aromatic heterocycles. The third-order valence-electron chi connectivity index (χ3n) is 13.7. The van der Waals surface area contributed by atoms with Gasteiger partial charge in [-0.05, 0) is 128 Å². The van der Waals surface area contributed by atoms with Crippen LogP contribution < -0.4 is 5.32 Å². The third-order valence-corrected chi connectivity index (χ3v) is 13.7. The zero-order valence-corrected chi connectivity index (χ0v) is 40.6. The van der Waals surface area contributed by atoms with Gasteiger partial charge in [0.1, 0.15) is 0 Å². The normalized spacial score (nSPS) is 15.1. The van der Waals surface area contributed by atoms with Crippen LogP contribution in [-0.2, 0) is 45.4 Å². The van der Waals surface area contributed by atoms with Gasteiger partial charge < -0.3 is 10.2 Å². The molecule has 0 radical (unpaired) electrons. The Bertz CT molecular complexity index is 2000. The largest absolute Gasteiger partial charge is 0.331 e. The van der Waals surface area contributed by atoms with Gasteiger partial charge in [0.2, 0.25) is 0 Å². The first-order chi connectivity index (χ1) is 32.0. The predicted molar refractivity (Wildman–Crippen MR) is 275 cm³/mol. The lowest BCUT2D eigenvalue weighted by atomic mass is 9.99. The number of amides is 1. The van der Waals surface area contributed by atoms with E-state index in [1.807, 2.05) is 0 Å². The van der Waals surface area contributed by atoms with Crippen molar-refractivity contribution in [1.82, 2.24) is 20.0 Å². The highest BCUT2D eigenvalue weighted by molar-refractivity contribution is 5.94. The SMILES string of the molecule is CCCCCc1ccc(CN(C(=O)c2ccc(CCCCC)cc2)C2CCN(Cc3ccccc3)CC2)cc1.CCCCCc1ccc(CNC2CCN(Cc3ccccc3)CC2)cc1. The number of likely N-dealkylation sites (tertiary alicyclic amines) is 2. The maximum absolute atomic E-state index is 13.9. The van der Waals surface area contributed by atoms with Crippen molar-refractivity contribution < 1.29 is 4.79 Å². The maximum Gasteiger partial charge on any atom is 0.254 e. The Morgan fingerprint density at radius 1 is 0.477 bits per heavy atom. The minimum Gasteiger partial charge on any atom is -0.331 e.